The highest BCUT2D eigenvalue weighted by molar-refractivity contribution is 9.10. The molecular formula is C9H4BrCl3S2. The van der Waals surface area contributed by atoms with Crippen LogP contribution in [0.1, 0.15) is 15.1 Å². The second-order valence-electron chi connectivity index (χ2n) is 2.77. The molecule has 80 valence electrons. The Labute approximate surface area is 119 Å². The zero-order chi connectivity index (χ0) is 11.0. The summed E-state index contributed by atoms with van der Waals surface area (Å²) in [5, 5.41) is -0.170. The van der Waals surface area contributed by atoms with Crippen LogP contribution in [0.5, 0.6) is 0 Å². The molecule has 2 heterocycles. The third-order valence-electron chi connectivity index (χ3n) is 1.76. The second-order valence-corrected chi connectivity index (χ2v) is 7.50. The first-order chi connectivity index (χ1) is 7.08. The Morgan fingerprint density at radius 3 is 2.33 bits per heavy atom. The van der Waals surface area contributed by atoms with E-state index in [-0.39, 0.29) is 5.38 Å². The third kappa shape index (κ3) is 2.71. The highest BCUT2D eigenvalue weighted by Crippen LogP contribution is 2.42. The van der Waals surface area contributed by atoms with Gasteiger partial charge in [0.05, 0.1) is 4.34 Å². The molecule has 2 aromatic heterocycles. The number of hydrogen-bond acceptors (Lipinski definition) is 2. The second kappa shape index (κ2) is 4.94. The van der Waals surface area contributed by atoms with Crippen molar-refractivity contribution in [2.75, 3.05) is 0 Å². The van der Waals surface area contributed by atoms with Crippen LogP contribution in [0.25, 0.3) is 0 Å². The first kappa shape index (κ1) is 12.2. The number of halogens is 4. The lowest BCUT2D eigenvalue weighted by Gasteiger charge is -2.02. The maximum absolute atomic E-state index is 6.31. The van der Waals surface area contributed by atoms with E-state index in [1.165, 1.54) is 22.7 Å². The van der Waals surface area contributed by atoms with E-state index in [0.717, 1.165) is 22.9 Å². The van der Waals surface area contributed by atoms with Gasteiger partial charge < -0.3 is 0 Å². The average molecular weight is 363 g/mol. The molecular weight excluding hydrogens is 358 g/mol. The minimum atomic E-state index is -0.170. The number of rotatable bonds is 2. The predicted octanol–water partition coefficient (Wildman–Crippen LogP) is 6.21. The van der Waals surface area contributed by atoms with E-state index in [2.05, 4.69) is 15.9 Å². The fourth-order valence-electron chi connectivity index (χ4n) is 1.09. The molecule has 0 spiro atoms. The molecule has 0 bridgehead atoms. The molecule has 0 nitrogen and oxygen atoms in total. The van der Waals surface area contributed by atoms with Crippen molar-refractivity contribution in [3.8, 4) is 0 Å². The zero-order valence-corrected chi connectivity index (χ0v) is 12.6. The third-order valence-corrected chi connectivity index (χ3v) is 6.32. The quantitative estimate of drug-likeness (QED) is 0.557. The summed E-state index contributed by atoms with van der Waals surface area (Å²) in [5.41, 5.74) is 0. The summed E-state index contributed by atoms with van der Waals surface area (Å²) in [4.78, 5) is 2.05. The first-order valence-corrected chi connectivity index (χ1v) is 7.54. The van der Waals surface area contributed by atoms with Gasteiger partial charge in [0.25, 0.3) is 0 Å². The molecule has 2 rings (SSSR count). The summed E-state index contributed by atoms with van der Waals surface area (Å²) in [6.45, 7) is 0. The van der Waals surface area contributed by atoms with Gasteiger partial charge in [0.15, 0.2) is 0 Å². The fraction of sp³-hybridized carbons (Fsp3) is 0.111. The Bertz CT molecular complexity index is 458. The topological polar surface area (TPSA) is 0 Å². The molecule has 0 aliphatic rings. The van der Waals surface area contributed by atoms with E-state index < -0.39 is 0 Å². The standard InChI is InChI=1S/C9H4BrCl3S2/c10-4-3-6(15-9(4)13)8(12)5-1-2-7(11)14-5/h1-3,8H. The number of hydrogen-bond donors (Lipinski definition) is 0. The van der Waals surface area contributed by atoms with E-state index in [1.807, 2.05) is 18.2 Å². The van der Waals surface area contributed by atoms with Crippen molar-refractivity contribution in [3.05, 3.63) is 41.1 Å². The molecule has 1 unspecified atom stereocenters. The molecule has 15 heavy (non-hydrogen) atoms. The van der Waals surface area contributed by atoms with Gasteiger partial charge in [0, 0.05) is 14.2 Å². The van der Waals surface area contributed by atoms with Crippen molar-refractivity contribution in [1.82, 2.24) is 0 Å². The molecule has 0 saturated carbocycles. The summed E-state index contributed by atoms with van der Waals surface area (Å²) in [7, 11) is 0. The van der Waals surface area contributed by atoms with Crippen LogP contribution in [-0.4, -0.2) is 0 Å². The number of alkyl halides is 1. The summed E-state index contributed by atoms with van der Waals surface area (Å²) >= 11 is 24.4. The molecule has 0 amide bonds. The van der Waals surface area contributed by atoms with Crippen molar-refractivity contribution >= 4 is 73.4 Å². The summed E-state index contributed by atoms with van der Waals surface area (Å²) in [6.07, 6.45) is 0. The van der Waals surface area contributed by atoms with Crippen molar-refractivity contribution in [2.45, 2.75) is 5.38 Å². The zero-order valence-electron chi connectivity index (χ0n) is 7.14. The van der Waals surface area contributed by atoms with Crippen molar-refractivity contribution in [3.63, 3.8) is 0 Å². The van der Waals surface area contributed by atoms with E-state index >= 15 is 0 Å². The highest BCUT2D eigenvalue weighted by atomic mass is 79.9. The van der Waals surface area contributed by atoms with Gasteiger partial charge >= 0.3 is 0 Å². The normalized spacial score (nSPS) is 13.1. The van der Waals surface area contributed by atoms with Crippen molar-refractivity contribution in [1.29, 1.82) is 0 Å². The molecule has 2 aromatic rings. The monoisotopic (exact) mass is 360 g/mol. The average Bonchev–Trinajstić information content (AvgIpc) is 2.74. The molecule has 0 N–H and O–H groups in total. The fourth-order valence-corrected chi connectivity index (χ4v) is 4.36. The highest BCUT2D eigenvalue weighted by Gasteiger charge is 2.17. The molecule has 1 atom stereocenters. The smallest absolute Gasteiger partial charge is 0.107 e. The van der Waals surface area contributed by atoms with Crippen LogP contribution in [0.3, 0.4) is 0 Å². The maximum Gasteiger partial charge on any atom is 0.107 e. The van der Waals surface area contributed by atoms with Gasteiger partial charge in [0.1, 0.15) is 9.71 Å². The molecule has 0 aliphatic carbocycles. The van der Waals surface area contributed by atoms with Crippen LogP contribution < -0.4 is 0 Å². The van der Waals surface area contributed by atoms with Crippen LogP contribution in [-0.2, 0) is 0 Å². The van der Waals surface area contributed by atoms with E-state index in [0.29, 0.717) is 0 Å². The molecule has 0 aliphatic heterocycles. The lowest BCUT2D eigenvalue weighted by molar-refractivity contribution is 1.24. The van der Waals surface area contributed by atoms with E-state index in [1.54, 1.807) is 0 Å². The Hall–Kier alpha value is 0.750. The van der Waals surface area contributed by atoms with Crippen molar-refractivity contribution < 1.29 is 0 Å². The minimum Gasteiger partial charge on any atom is -0.126 e. The molecule has 0 aromatic carbocycles. The Morgan fingerprint density at radius 1 is 1.13 bits per heavy atom. The Kier molecular flexibility index (Phi) is 4.03. The van der Waals surface area contributed by atoms with Crippen molar-refractivity contribution in [2.24, 2.45) is 0 Å². The van der Waals surface area contributed by atoms with Gasteiger partial charge in [0.2, 0.25) is 0 Å². The molecule has 0 fully saturated rings. The van der Waals surface area contributed by atoms with Gasteiger partial charge in [-0.2, -0.15) is 0 Å². The van der Waals surface area contributed by atoms with Crippen LogP contribution in [0, 0.1) is 0 Å². The lowest BCUT2D eigenvalue weighted by atomic mass is 10.3. The van der Waals surface area contributed by atoms with Crippen LogP contribution in [0.4, 0.5) is 0 Å². The summed E-state index contributed by atoms with van der Waals surface area (Å²) < 4.78 is 2.35. The van der Waals surface area contributed by atoms with Crippen LogP contribution >= 0.6 is 73.4 Å². The molecule has 6 heteroatoms. The van der Waals surface area contributed by atoms with Crippen LogP contribution in [0.2, 0.25) is 8.67 Å². The van der Waals surface area contributed by atoms with Gasteiger partial charge in [-0.1, -0.05) is 23.2 Å². The van der Waals surface area contributed by atoms with Gasteiger partial charge in [-0.25, -0.2) is 0 Å². The Morgan fingerprint density at radius 2 is 1.87 bits per heavy atom. The Balaban J connectivity index is 2.31. The van der Waals surface area contributed by atoms with Gasteiger partial charge in [-0.3, -0.25) is 0 Å². The maximum atomic E-state index is 6.31. The largest absolute Gasteiger partial charge is 0.126 e. The SMILES string of the molecule is Clc1ccc(C(Cl)c2cc(Br)c(Cl)s2)s1. The lowest BCUT2D eigenvalue weighted by Crippen LogP contribution is -1.83. The minimum absolute atomic E-state index is 0.170. The van der Waals surface area contributed by atoms with E-state index in [9.17, 15) is 0 Å². The van der Waals surface area contributed by atoms with E-state index in [4.69, 9.17) is 34.8 Å². The summed E-state index contributed by atoms with van der Waals surface area (Å²) in [5.74, 6) is 0. The molecule has 0 radical (unpaired) electrons. The first-order valence-electron chi connectivity index (χ1n) is 3.92. The molecule has 0 saturated heterocycles. The summed E-state index contributed by atoms with van der Waals surface area (Å²) in [6, 6.07) is 5.73. The van der Waals surface area contributed by atoms with Gasteiger partial charge in [-0.15, -0.1) is 34.3 Å². The predicted molar refractivity (Wildman–Crippen MR) is 74.1 cm³/mol. The van der Waals surface area contributed by atoms with Gasteiger partial charge in [-0.05, 0) is 34.1 Å². The van der Waals surface area contributed by atoms with Crippen LogP contribution in [0.15, 0.2) is 22.7 Å². The number of thiophene rings is 2.